The summed E-state index contributed by atoms with van der Waals surface area (Å²) in [5.41, 5.74) is 2.20. The highest BCUT2D eigenvalue weighted by Crippen LogP contribution is 2.33. The van der Waals surface area contributed by atoms with E-state index in [0.717, 1.165) is 51.3 Å². The topological polar surface area (TPSA) is 42.0 Å². The van der Waals surface area contributed by atoms with E-state index in [1.54, 1.807) is 4.90 Å². The summed E-state index contributed by atoms with van der Waals surface area (Å²) in [4.78, 5) is 17.4. The third-order valence-electron chi connectivity index (χ3n) is 4.85. The predicted octanol–water partition coefficient (Wildman–Crippen LogP) is 2.90. The SMILES string of the molecule is O=C1/C(=C/c2ccc(N3CCOCC3)cc2)SC(=S)N1CC1CCCO1. The average Bonchev–Trinajstić information content (AvgIpc) is 3.27. The summed E-state index contributed by atoms with van der Waals surface area (Å²) in [5.74, 6) is -0.00671. The lowest BCUT2D eigenvalue weighted by atomic mass is 10.1. The molecule has 0 radical (unpaired) electrons. The van der Waals surface area contributed by atoms with Gasteiger partial charge in [-0.05, 0) is 36.6 Å². The van der Waals surface area contributed by atoms with E-state index in [0.29, 0.717) is 15.8 Å². The van der Waals surface area contributed by atoms with Gasteiger partial charge in [0.1, 0.15) is 4.32 Å². The smallest absolute Gasteiger partial charge is 0.266 e. The lowest BCUT2D eigenvalue weighted by molar-refractivity contribution is -0.123. The first kappa shape index (κ1) is 18.0. The van der Waals surface area contributed by atoms with E-state index in [1.807, 2.05) is 6.08 Å². The van der Waals surface area contributed by atoms with Gasteiger partial charge >= 0.3 is 0 Å². The van der Waals surface area contributed by atoms with Gasteiger partial charge in [0.2, 0.25) is 0 Å². The normalized spacial score (nSPS) is 25.5. The third kappa shape index (κ3) is 3.96. The molecule has 0 spiro atoms. The van der Waals surface area contributed by atoms with Gasteiger partial charge in [-0.1, -0.05) is 36.1 Å². The van der Waals surface area contributed by atoms with Crippen molar-refractivity contribution in [3.8, 4) is 0 Å². The highest BCUT2D eigenvalue weighted by atomic mass is 32.2. The van der Waals surface area contributed by atoms with Gasteiger partial charge in [-0.15, -0.1) is 0 Å². The van der Waals surface area contributed by atoms with Crippen LogP contribution >= 0.6 is 24.0 Å². The lowest BCUT2D eigenvalue weighted by Gasteiger charge is -2.28. The minimum atomic E-state index is -0.00671. The van der Waals surface area contributed by atoms with Crippen molar-refractivity contribution in [2.75, 3.05) is 44.4 Å². The number of hydrogen-bond acceptors (Lipinski definition) is 6. The molecule has 1 amide bonds. The second-order valence-electron chi connectivity index (χ2n) is 6.62. The molecule has 26 heavy (non-hydrogen) atoms. The van der Waals surface area contributed by atoms with Crippen molar-refractivity contribution in [2.45, 2.75) is 18.9 Å². The van der Waals surface area contributed by atoms with Crippen LogP contribution < -0.4 is 4.90 Å². The molecule has 3 saturated heterocycles. The van der Waals surface area contributed by atoms with Crippen molar-refractivity contribution in [1.82, 2.24) is 4.90 Å². The maximum atomic E-state index is 12.7. The first-order chi connectivity index (χ1) is 12.7. The molecule has 1 atom stereocenters. The van der Waals surface area contributed by atoms with E-state index in [9.17, 15) is 4.79 Å². The molecule has 1 unspecified atom stereocenters. The van der Waals surface area contributed by atoms with Crippen molar-refractivity contribution in [3.63, 3.8) is 0 Å². The summed E-state index contributed by atoms with van der Waals surface area (Å²) in [6.45, 7) is 4.73. The minimum absolute atomic E-state index is 0.00671. The number of thioether (sulfide) groups is 1. The van der Waals surface area contributed by atoms with Crippen LogP contribution in [0.5, 0.6) is 0 Å². The Morgan fingerprint density at radius 1 is 1.19 bits per heavy atom. The molecule has 7 heteroatoms. The van der Waals surface area contributed by atoms with Gasteiger partial charge in [-0.25, -0.2) is 0 Å². The van der Waals surface area contributed by atoms with Crippen LogP contribution in [-0.2, 0) is 14.3 Å². The van der Waals surface area contributed by atoms with E-state index >= 15 is 0 Å². The molecule has 0 aliphatic carbocycles. The molecule has 5 nitrogen and oxygen atoms in total. The lowest BCUT2D eigenvalue weighted by Crippen LogP contribution is -2.36. The molecule has 0 N–H and O–H groups in total. The van der Waals surface area contributed by atoms with E-state index in [-0.39, 0.29) is 12.0 Å². The van der Waals surface area contributed by atoms with E-state index in [1.165, 1.54) is 17.4 Å². The maximum absolute atomic E-state index is 12.7. The molecule has 4 rings (SSSR count). The Morgan fingerprint density at radius 3 is 2.65 bits per heavy atom. The number of amides is 1. The second-order valence-corrected chi connectivity index (χ2v) is 8.29. The maximum Gasteiger partial charge on any atom is 0.266 e. The van der Waals surface area contributed by atoms with Crippen LogP contribution in [0.4, 0.5) is 5.69 Å². The van der Waals surface area contributed by atoms with E-state index in [4.69, 9.17) is 21.7 Å². The number of morpholine rings is 1. The summed E-state index contributed by atoms with van der Waals surface area (Å²) in [5, 5.41) is 0. The number of benzene rings is 1. The standard InChI is InChI=1S/C19H22N2O3S2/c22-18-17(26-19(25)21(18)13-16-2-1-9-24-16)12-14-3-5-15(6-4-14)20-7-10-23-11-8-20/h3-6,12,16H,1-2,7-11,13H2/b17-12-. The third-order valence-corrected chi connectivity index (χ3v) is 6.23. The Bertz CT molecular complexity index is 708. The van der Waals surface area contributed by atoms with Gasteiger partial charge in [0.05, 0.1) is 30.8 Å². The number of carbonyl (C=O) groups excluding carboxylic acids is 1. The summed E-state index contributed by atoms with van der Waals surface area (Å²) in [6, 6.07) is 8.31. The molecule has 0 saturated carbocycles. The zero-order valence-electron chi connectivity index (χ0n) is 14.6. The average molecular weight is 391 g/mol. The first-order valence-electron chi connectivity index (χ1n) is 9.00. The molecule has 3 aliphatic rings. The number of nitrogens with zero attached hydrogens (tertiary/aromatic N) is 2. The summed E-state index contributed by atoms with van der Waals surface area (Å²) in [7, 11) is 0. The number of thiocarbonyl (C=S) groups is 1. The highest BCUT2D eigenvalue weighted by molar-refractivity contribution is 8.26. The molecular weight excluding hydrogens is 368 g/mol. The van der Waals surface area contributed by atoms with Crippen molar-refractivity contribution in [2.24, 2.45) is 0 Å². The number of hydrogen-bond donors (Lipinski definition) is 0. The van der Waals surface area contributed by atoms with Crippen molar-refractivity contribution in [1.29, 1.82) is 0 Å². The minimum Gasteiger partial charge on any atom is -0.378 e. The van der Waals surface area contributed by atoms with Crippen molar-refractivity contribution < 1.29 is 14.3 Å². The van der Waals surface area contributed by atoms with Gasteiger partial charge in [-0.3, -0.25) is 9.69 Å². The molecule has 1 aromatic rings. The summed E-state index contributed by atoms with van der Waals surface area (Å²) in [6.07, 6.45) is 4.10. The van der Waals surface area contributed by atoms with Crippen LogP contribution in [0.15, 0.2) is 29.2 Å². The molecule has 3 fully saturated rings. The van der Waals surface area contributed by atoms with Crippen molar-refractivity contribution in [3.05, 3.63) is 34.7 Å². The number of carbonyl (C=O) groups is 1. The van der Waals surface area contributed by atoms with Gasteiger partial charge in [0, 0.05) is 25.4 Å². The Balaban J connectivity index is 1.44. The molecule has 0 bridgehead atoms. The van der Waals surface area contributed by atoms with Crippen LogP contribution in [0.2, 0.25) is 0 Å². The van der Waals surface area contributed by atoms with Gasteiger partial charge < -0.3 is 14.4 Å². The summed E-state index contributed by atoms with van der Waals surface area (Å²) >= 11 is 6.78. The van der Waals surface area contributed by atoms with Gasteiger partial charge in [0.15, 0.2) is 0 Å². The Labute approximate surface area is 163 Å². The first-order valence-corrected chi connectivity index (χ1v) is 10.2. The molecular formula is C19H22N2O3S2. The fourth-order valence-electron chi connectivity index (χ4n) is 3.40. The van der Waals surface area contributed by atoms with Crippen LogP contribution in [0.1, 0.15) is 18.4 Å². The van der Waals surface area contributed by atoms with E-state index in [2.05, 4.69) is 29.2 Å². The Morgan fingerprint density at radius 2 is 1.96 bits per heavy atom. The fraction of sp³-hybridized carbons (Fsp3) is 0.474. The van der Waals surface area contributed by atoms with Gasteiger partial charge in [0.25, 0.3) is 5.91 Å². The summed E-state index contributed by atoms with van der Waals surface area (Å²) < 4.78 is 11.7. The Kier molecular flexibility index (Phi) is 5.59. The fourth-order valence-corrected chi connectivity index (χ4v) is 4.68. The van der Waals surface area contributed by atoms with Gasteiger partial charge in [-0.2, -0.15) is 0 Å². The number of rotatable bonds is 4. The predicted molar refractivity (Wildman–Crippen MR) is 108 cm³/mol. The molecule has 3 aliphatic heterocycles. The second kappa shape index (κ2) is 8.08. The zero-order valence-corrected chi connectivity index (χ0v) is 16.2. The molecule has 138 valence electrons. The number of anilines is 1. The van der Waals surface area contributed by atoms with Crippen LogP contribution in [0.25, 0.3) is 6.08 Å². The molecule has 0 aromatic heterocycles. The van der Waals surface area contributed by atoms with Crippen LogP contribution in [-0.4, -0.2) is 60.7 Å². The molecule has 1 aromatic carbocycles. The quantitative estimate of drug-likeness (QED) is 0.582. The van der Waals surface area contributed by atoms with Crippen LogP contribution in [0, 0.1) is 0 Å². The van der Waals surface area contributed by atoms with E-state index < -0.39 is 0 Å². The Hall–Kier alpha value is -1.41. The largest absolute Gasteiger partial charge is 0.378 e. The van der Waals surface area contributed by atoms with Crippen LogP contribution in [0.3, 0.4) is 0 Å². The monoisotopic (exact) mass is 390 g/mol. The number of ether oxygens (including phenoxy) is 2. The van der Waals surface area contributed by atoms with Crippen molar-refractivity contribution >= 4 is 46.0 Å². The molecule has 3 heterocycles. The zero-order chi connectivity index (χ0) is 17.9. The highest BCUT2D eigenvalue weighted by Gasteiger charge is 2.34.